The van der Waals surface area contributed by atoms with Gasteiger partial charge in [0.15, 0.2) is 0 Å². The van der Waals surface area contributed by atoms with Gasteiger partial charge in [-0.1, -0.05) is 42.4 Å². The zero-order valence-electron chi connectivity index (χ0n) is 14.0. The first-order valence-electron chi connectivity index (χ1n) is 7.97. The summed E-state index contributed by atoms with van der Waals surface area (Å²) in [7, 11) is 0. The van der Waals surface area contributed by atoms with Crippen molar-refractivity contribution < 1.29 is 4.79 Å². The Balaban J connectivity index is 1.87. The highest BCUT2D eigenvalue weighted by atomic mass is 35.5. The summed E-state index contributed by atoms with van der Waals surface area (Å²) in [5.41, 5.74) is 7.95. The number of nitrogens with one attached hydrogen (secondary N) is 1. The fourth-order valence-corrected chi connectivity index (χ4v) is 4.67. The maximum absolute atomic E-state index is 12.0. The smallest absolute Gasteiger partial charge is 0.254 e. The molecule has 0 bridgehead atoms. The van der Waals surface area contributed by atoms with Crippen LogP contribution in [0.1, 0.15) is 34.5 Å². The molecule has 3 rings (SSSR count). The Morgan fingerprint density at radius 2 is 2.12 bits per heavy atom. The van der Waals surface area contributed by atoms with Crippen LogP contribution in [0.25, 0.3) is 0 Å². The number of amides is 1. The van der Waals surface area contributed by atoms with Crippen LogP contribution in [0.3, 0.4) is 0 Å². The normalized spacial score (nSPS) is 11.9. The minimum absolute atomic E-state index is 0.152. The molecule has 0 spiro atoms. The summed E-state index contributed by atoms with van der Waals surface area (Å²) in [4.78, 5) is 16.1. The number of hydrogen-bond acceptors (Lipinski definition) is 6. The molecule has 26 heavy (non-hydrogen) atoms. The van der Waals surface area contributed by atoms with Crippen molar-refractivity contribution in [3.05, 3.63) is 64.9 Å². The summed E-state index contributed by atoms with van der Waals surface area (Å²) in [5, 5.41) is 5.28. The van der Waals surface area contributed by atoms with Gasteiger partial charge in [0.1, 0.15) is 15.6 Å². The molecule has 0 saturated heterocycles. The number of benzene rings is 1. The second kappa shape index (κ2) is 8.53. The first kappa shape index (κ1) is 18.7. The monoisotopic (exact) mass is 404 g/mol. The van der Waals surface area contributed by atoms with E-state index < -0.39 is 5.91 Å². The van der Waals surface area contributed by atoms with Crippen molar-refractivity contribution in [2.24, 2.45) is 5.73 Å². The lowest BCUT2D eigenvalue weighted by molar-refractivity contribution is 0.0998. The van der Waals surface area contributed by atoms with Gasteiger partial charge < -0.3 is 11.1 Å². The van der Waals surface area contributed by atoms with Crippen molar-refractivity contribution >= 4 is 51.5 Å². The van der Waals surface area contributed by atoms with E-state index in [2.05, 4.69) is 21.6 Å². The van der Waals surface area contributed by atoms with E-state index in [1.807, 2.05) is 36.4 Å². The van der Waals surface area contributed by atoms with E-state index in [0.717, 1.165) is 17.7 Å². The molecule has 5 nitrogen and oxygen atoms in total. The number of carbonyl (C=O) groups is 1. The summed E-state index contributed by atoms with van der Waals surface area (Å²) in [5.74, 6) is -0.501. The molecule has 0 fully saturated rings. The highest BCUT2D eigenvalue weighted by Gasteiger charge is 2.23. The lowest BCUT2D eigenvalue weighted by atomic mass is 10.1. The summed E-state index contributed by atoms with van der Waals surface area (Å²) in [6.45, 7) is 2.09. The number of primary amides is 1. The summed E-state index contributed by atoms with van der Waals surface area (Å²) in [6, 6.07) is 11.4. The van der Waals surface area contributed by atoms with Gasteiger partial charge in [-0.05, 0) is 47.8 Å². The van der Waals surface area contributed by atoms with Crippen molar-refractivity contribution in [3.8, 4) is 0 Å². The number of thioether (sulfide) groups is 1. The molecule has 8 heteroatoms. The van der Waals surface area contributed by atoms with Crippen molar-refractivity contribution in [1.82, 2.24) is 9.36 Å². The zero-order valence-corrected chi connectivity index (χ0v) is 16.4. The number of nitrogens with zero attached hydrogens (tertiary/aromatic N) is 2. The topological polar surface area (TPSA) is 80.9 Å². The number of pyridine rings is 1. The molecule has 0 aliphatic heterocycles. The molecule has 3 N–H and O–H groups in total. The fraction of sp³-hybridized carbons (Fsp3) is 0.167. The second-order valence-corrected chi connectivity index (χ2v) is 7.89. The number of hydrogen-bond donors (Lipinski definition) is 2. The van der Waals surface area contributed by atoms with Gasteiger partial charge >= 0.3 is 0 Å². The lowest BCUT2D eigenvalue weighted by Crippen LogP contribution is -2.13. The summed E-state index contributed by atoms with van der Waals surface area (Å²) >= 11 is 8.73. The second-order valence-electron chi connectivity index (χ2n) is 5.49. The molecule has 0 saturated carbocycles. The Kier molecular flexibility index (Phi) is 6.13. The Morgan fingerprint density at radius 3 is 2.73 bits per heavy atom. The van der Waals surface area contributed by atoms with Crippen LogP contribution in [0.15, 0.2) is 53.8 Å². The van der Waals surface area contributed by atoms with Crippen LogP contribution in [0.2, 0.25) is 5.02 Å². The average molecular weight is 405 g/mol. The van der Waals surface area contributed by atoms with Crippen LogP contribution >= 0.6 is 34.9 Å². The number of aromatic nitrogens is 2. The average Bonchev–Trinajstić information content (AvgIpc) is 3.04. The SMILES string of the molecule is CCC(Sc1nsc(Nc2cccnc2)c1C(N)=O)c1ccc(Cl)cc1. The van der Waals surface area contributed by atoms with E-state index in [1.54, 1.807) is 12.4 Å². The van der Waals surface area contributed by atoms with Gasteiger partial charge in [0, 0.05) is 16.5 Å². The maximum atomic E-state index is 12.0. The highest BCUT2D eigenvalue weighted by Crippen LogP contribution is 2.42. The van der Waals surface area contributed by atoms with E-state index >= 15 is 0 Å². The predicted octanol–water partition coefficient (Wildman–Crippen LogP) is 5.28. The van der Waals surface area contributed by atoms with Crippen LogP contribution < -0.4 is 11.1 Å². The summed E-state index contributed by atoms with van der Waals surface area (Å²) < 4.78 is 4.46. The quantitative estimate of drug-likeness (QED) is 0.523. The van der Waals surface area contributed by atoms with E-state index in [4.69, 9.17) is 17.3 Å². The molecule has 134 valence electrons. The van der Waals surface area contributed by atoms with Gasteiger partial charge in [0.05, 0.1) is 11.9 Å². The van der Waals surface area contributed by atoms with Crippen LogP contribution in [0.4, 0.5) is 10.7 Å². The standard InChI is InChI=1S/C18H17ClN4OS2/c1-2-14(11-5-7-12(19)8-6-11)25-18-15(16(20)24)17(26-23-18)22-13-4-3-9-21-10-13/h3-10,14,22H,2H2,1H3,(H2,20,24). The molecule has 0 aliphatic carbocycles. The van der Waals surface area contributed by atoms with Crippen LogP contribution in [0, 0.1) is 0 Å². The highest BCUT2D eigenvalue weighted by molar-refractivity contribution is 7.99. The van der Waals surface area contributed by atoms with Gasteiger partial charge in [-0.25, -0.2) is 0 Å². The number of nitrogens with two attached hydrogens (primary N) is 1. The third kappa shape index (κ3) is 4.35. The Morgan fingerprint density at radius 1 is 1.35 bits per heavy atom. The molecule has 0 aliphatic rings. The van der Waals surface area contributed by atoms with Gasteiger partial charge in [-0.15, -0.1) is 0 Å². The minimum atomic E-state index is -0.501. The van der Waals surface area contributed by atoms with Crippen molar-refractivity contribution in [3.63, 3.8) is 0 Å². The first-order valence-corrected chi connectivity index (χ1v) is 10.00. The van der Waals surface area contributed by atoms with Gasteiger partial charge in [-0.2, -0.15) is 4.37 Å². The fourth-order valence-electron chi connectivity index (χ4n) is 2.43. The molecular formula is C18H17ClN4OS2. The van der Waals surface area contributed by atoms with Crippen LogP contribution in [0.5, 0.6) is 0 Å². The Bertz CT molecular complexity index is 884. The summed E-state index contributed by atoms with van der Waals surface area (Å²) in [6.07, 6.45) is 4.25. The molecule has 2 heterocycles. The molecular weight excluding hydrogens is 388 g/mol. The number of halogens is 1. The van der Waals surface area contributed by atoms with Gasteiger partial charge in [0.25, 0.3) is 5.91 Å². The maximum Gasteiger partial charge on any atom is 0.254 e. The lowest BCUT2D eigenvalue weighted by Gasteiger charge is -2.14. The minimum Gasteiger partial charge on any atom is -0.365 e. The number of carbonyl (C=O) groups excluding carboxylic acids is 1. The van der Waals surface area contributed by atoms with Crippen molar-refractivity contribution in [1.29, 1.82) is 0 Å². The predicted molar refractivity (Wildman–Crippen MR) is 108 cm³/mol. The van der Waals surface area contributed by atoms with Crippen molar-refractivity contribution in [2.45, 2.75) is 23.6 Å². The molecule has 1 amide bonds. The Labute approximate surface area is 165 Å². The zero-order chi connectivity index (χ0) is 18.5. The van der Waals surface area contributed by atoms with E-state index in [1.165, 1.54) is 23.3 Å². The van der Waals surface area contributed by atoms with Crippen LogP contribution in [-0.4, -0.2) is 15.3 Å². The van der Waals surface area contributed by atoms with Gasteiger partial charge in [0.2, 0.25) is 0 Å². The molecule has 2 aromatic heterocycles. The third-order valence-corrected chi connectivity index (χ3v) is 6.23. The number of anilines is 2. The largest absolute Gasteiger partial charge is 0.365 e. The molecule has 0 radical (unpaired) electrons. The molecule has 1 aromatic carbocycles. The molecule has 1 unspecified atom stereocenters. The Hall–Kier alpha value is -2.09. The van der Waals surface area contributed by atoms with E-state index in [0.29, 0.717) is 20.6 Å². The van der Waals surface area contributed by atoms with Crippen LogP contribution in [-0.2, 0) is 0 Å². The number of rotatable bonds is 7. The first-order chi connectivity index (χ1) is 12.6. The molecule has 3 aromatic rings. The van der Waals surface area contributed by atoms with E-state index in [9.17, 15) is 4.79 Å². The van der Waals surface area contributed by atoms with Gasteiger partial charge in [-0.3, -0.25) is 9.78 Å². The van der Waals surface area contributed by atoms with Crippen molar-refractivity contribution in [2.75, 3.05) is 5.32 Å². The van der Waals surface area contributed by atoms with E-state index in [-0.39, 0.29) is 5.25 Å². The third-order valence-electron chi connectivity index (χ3n) is 3.69. The molecule has 1 atom stereocenters.